The molecule has 0 saturated heterocycles. The molecule has 0 heterocycles. The summed E-state index contributed by atoms with van der Waals surface area (Å²) >= 11 is 5.96. The molecule has 0 aliphatic carbocycles. The maximum atomic E-state index is 11.8. The second-order valence-electron chi connectivity index (χ2n) is 5.05. The van der Waals surface area contributed by atoms with Gasteiger partial charge < -0.3 is 10.1 Å². The average molecular weight is 312 g/mol. The van der Waals surface area contributed by atoms with Crippen molar-refractivity contribution in [1.29, 1.82) is 0 Å². The number of benzene rings is 1. The van der Waals surface area contributed by atoms with Gasteiger partial charge in [0.1, 0.15) is 5.78 Å². The van der Waals surface area contributed by atoms with E-state index in [4.69, 9.17) is 11.6 Å². The number of anilines is 1. The van der Waals surface area contributed by atoms with Crippen molar-refractivity contribution in [3.63, 3.8) is 0 Å². The molecule has 0 aromatic heterocycles. The predicted molar refractivity (Wildman–Crippen MR) is 80.5 cm³/mol. The molecule has 1 aromatic rings. The van der Waals surface area contributed by atoms with Crippen LogP contribution in [0.15, 0.2) is 18.2 Å². The van der Waals surface area contributed by atoms with Crippen LogP contribution in [0.25, 0.3) is 0 Å². The van der Waals surface area contributed by atoms with Gasteiger partial charge in [-0.25, -0.2) is 4.79 Å². The summed E-state index contributed by atoms with van der Waals surface area (Å²) in [6.07, 6.45) is 0.139. The van der Waals surface area contributed by atoms with E-state index >= 15 is 0 Å². The Balaban J connectivity index is 2.75. The van der Waals surface area contributed by atoms with Crippen LogP contribution in [0.5, 0.6) is 0 Å². The van der Waals surface area contributed by atoms with Crippen molar-refractivity contribution in [2.45, 2.75) is 26.7 Å². The molecule has 5 nitrogen and oxygen atoms in total. The summed E-state index contributed by atoms with van der Waals surface area (Å²) < 4.78 is 4.60. The first kappa shape index (κ1) is 17.2. The van der Waals surface area contributed by atoms with E-state index in [9.17, 15) is 14.4 Å². The fourth-order valence-corrected chi connectivity index (χ4v) is 1.93. The topological polar surface area (TPSA) is 72.5 Å². The molecule has 0 atom stereocenters. The Morgan fingerprint density at radius 2 is 1.95 bits per heavy atom. The zero-order valence-corrected chi connectivity index (χ0v) is 13.0. The molecular weight excluding hydrogens is 294 g/mol. The monoisotopic (exact) mass is 311 g/mol. The van der Waals surface area contributed by atoms with E-state index in [0.29, 0.717) is 6.42 Å². The number of carbonyl (C=O) groups is 3. The number of hydrogen-bond acceptors (Lipinski definition) is 4. The molecule has 0 aliphatic heterocycles. The summed E-state index contributed by atoms with van der Waals surface area (Å²) in [7, 11) is 1.26. The third-order valence-corrected chi connectivity index (χ3v) is 2.98. The second-order valence-corrected chi connectivity index (χ2v) is 5.46. The number of hydrogen-bond donors (Lipinski definition) is 1. The molecule has 114 valence electrons. The zero-order chi connectivity index (χ0) is 16.0. The standard InChI is InChI=1S/C15H18ClNO4/c1-9(2)6-11(18)8-14(19)17-13-7-10(15(20)21-3)4-5-12(13)16/h4-5,7,9H,6,8H2,1-3H3,(H,17,19). The number of ketones is 1. The summed E-state index contributed by atoms with van der Waals surface area (Å²) in [5.41, 5.74) is 0.549. The highest BCUT2D eigenvalue weighted by atomic mass is 35.5. The molecule has 1 aromatic carbocycles. The van der Waals surface area contributed by atoms with Crippen LogP contribution in [0.3, 0.4) is 0 Å². The minimum atomic E-state index is -0.530. The summed E-state index contributed by atoms with van der Waals surface area (Å²) in [4.78, 5) is 34.8. The van der Waals surface area contributed by atoms with E-state index in [1.807, 2.05) is 13.8 Å². The number of ether oxygens (including phenoxy) is 1. The number of esters is 1. The quantitative estimate of drug-likeness (QED) is 0.647. The van der Waals surface area contributed by atoms with E-state index in [-0.39, 0.29) is 34.4 Å². The third kappa shape index (κ3) is 5.55. The van der Waals surface area contributed by atoms with Gasteiger partial charge >= 0.3 is 5.97 Å². The van der Waals surface area contributed by atoms with Gasteiger partial charge in [0.25, 0.3) is 0 Å². The van der Waals surface area contributed by atoms with Gasteiger partial charge in [-0.05, 0) is 24.1 Å². The normalized spacial score (nSPS) is 10.3. The first-order valence-corrected chi connectivity index (χ1v) is 6.90. The molecule has 0 spiro atoms. The van der Waals surface area contributed by atoms with Crippen molar-refractivity contribution in [1.82, 2.24) is 0 Å². The van der Waals surface area contributed by atoms with Crippen molar-refractivity contribution in [2.75, 3.05) is 12.4 Å². The molecule has 1 amide bonds. The van der Waals surface area contributed by atoms with Crippen LogP contribution < -0.4 is 5.32 Å². The molecule has 1 N–H and O–H groups in total. The van der Waals surface area contributed by atoms with Crippen LogP contribution in [-0.4, -0.2) is 24.8 Å². The lowest BCUT2D eigenvalue weighted by molar-refractivity contribution is -0.125. The molecule has 0 aliphatic rings. The van der Waals surface area contributed by atoms with Gasteiger partial charge in [0, 0.05) is 6.42 Å². The zero-order valence-electron chi connectivity index (χ0n) is 12.2. The highest BCUT2D eigenvalue weighted by Gasteiger charge is 2.14. The number of methoxy groups -OCH3 is 1. The van der Waals surface area contributed by atoms with E-state index in [1.165, 1.54) is 25.3 Å². The van der Waals surface area contributed by atoms with Crippen LogP contribution in [-0.2, 0) is 14.3 Å². The summed E-state index contributed by atoms with van der Waals surface area (Å²) in [6, 6.07) is 4.39. The maximum Gasteiger partial charge on any atom is 0.337 e. The Kier molecular flexibility index (Phi) is 6.37. The highest BCUT2D eigenvalue weighted by molar-refractivity contribution is 6.34. The first-order valence-electron chi connectivity index (χ1n) is 6.53. The Labute approximate surface area is 128 Å². The van der Waals surface area contributed by atoms with Gasteiger partial charge in [0.05, 0.1) is 29.8 Å². The SMILES string of the molecule is COC(=O)c1ccc(Cl)c(NC(=O)CC(=O)CC(C)C)c1. The van der Waals surface area contributed by atoms with Crippen molar-refractivity contribution in [3.05, 3.63) is 28.8 Å². The van der Waals surface area contributed by atoms with Gasteiger partial charge in [-0.15, -0.1) is 0 Å². The second kappa shape index (κ2) is 7.78. The lowest BCUT2D eigenvalue weighted by Gasteiger charge is -2.09. The molecular formula is C15H18ClNO4. The van der Waals surface area contributed by atoms with Crippen LogP contribution in [0, 0.1) is 5.92 Å². The summed E-state index contributed by atoms with van der Waals surface area (Å²) in [5, 5.41) is 2.82. The largest absolute Gasteiger partial charge is 0.465 e. The van der Waals surface area contributed by atoms with Crippen LogP contribution in [0.2, 0.25) is 5.02 Å². The van der Waals surface area contributed by atoms with Crippen molar-refractivity contribution in [3.8, 4) is 0 Å². The molecule has 21 heavy (non-hydrogen) atoms. The number of Topliss-reactive ketones (excluding diaryl/α,β-unsaturated/α-hetero) is 1. The van der Waals surface area contributed by atoms with E-state index < -0.39 is 11.9 Å². The Bertz CT molecular complexity index is 555. The average Bonchev–Trinajstić information content (AvgIpc) is 2.39. The lowest BCUT2D eigenvalue weighted by Crippen LogP contribution is -2.18. The van der Waals surface area contributed by atoms with Gasteiger partial charge in [-0.1, -0.05) is 25.4 Å². The highest BCUT2D eigenvalue weighted by Crippen LogP contribution is 2.23. The minimum Gasteiger partial charge on any atom is -0.465 e. The van der Waals surface area contributed by atoms with Crippen LogP contribution >= 0.6 is 11.6 Å². The molecule has 0 unspecified atom stereocenters. The van der Waals surface area contributed by atoms with Crippen molar-refractivity contribution < 1.29 is 19.1 Å². The van der Waals surface area contributed by atoms with Crippen LogP contribution in [0.1, 0.15) is 37.0 Å². The molecule has 0 bridgehead atoms. The van der Waals surface area contributed by atoms with Crippen molar-refractivity contribution >= 4 is 34.9 Å². The Morgan fingerprint density at radius 1 is 1.29 bits per heavy atom. The maximum absolute atomic E-state index is 11.8. The number of amides is 1. The van der Waals surface area contributed by atoms with Gasteiger partial charge in [-0.2, -0.15) is 0 Å². The Morgan fingerprint density at radius 3 is 2.52 bits per heavy atom. The van der Waals surface area contributed by atoms with Gasteiger partial charge in [0.2, 0.25) is 5.91 Å². The molecule has 1 rings (SSSR count). The molecule has 0 fully saturated rings. The molecule has 0 saturated carbocycles. The summed E-state index contributed by atoms with van der Waals surface area (Å²) in [6.45, 7) is 3.82. The first-order chi connectivity index (χ1) is 9.83. The minimum absolute atomic E-state index is 0.136. The van der Waals surface area contributed by atoms with Crippen molar-refractivity contribution in [2.24, 2.45) is 5.92 Å². The molecule has 0 radical (unpaired) electrons. The summed E-state index contributed by atoms with van der Waals surface area (Å²) in [5.74, 6) is -0.915. The fraction of sp³-hybridized carbons (Fsp3) is 0.400. The number of carbonyl (C=O) groups excluding carboxylic acids is 3. The number of halogens is 1. The van der Waals surface area contributed by atoms with E-state index in [2.05, 4.69) is 10.1 Å². The Hall–Kier alpha value is -1.88. The molecule has 6 heteroatoms. The lowest BCUT2D eigenvalue weighted by atomic mass is 10.1. The smallest absolute Gasteiger partial charge is 0.337 e. The fourth-order valence-electron chi connectivity index (χ4n) is 1.77. The number of nitrogens with one attached hydrogen (secondary N) is 1. The van der Waals surface area contributed by atoms with Gasteiger partial charge in [-0.3, -0.25) is 9.59 Å². The van der Waals surface area contributed by atoms with E-state index in [0.717, 1.165) is 0 Å². The van der Waals surface area contributed by atoms with Crippen LogP contribution in [0.4, 0.5) is 5.69 Å². The number of rotatable bonds is 6. The predicted octanol–water partition coefficient (Wildman–Crippen LogP) is 3.07. The van der Waals surface area contributed by atoms with Gasteiger partial charge in [0.15, 0.2) is 0 Å². The van der Waals surface area contributed by atoms with E-state index in [1.54, 1.807) is 0 Å². The third-order valence-electron chi connectivity index (χ3n) is 2.66.